The molecule has 0 unspecified atom stereocenters. The highest BCUT2D eigenvalue weighted by Gasteiger charge is 2.53. The van der Waals surface area contributed by atoms with E-state index < -0.39 is 30.7 Å². The van der Waals surface area contributed by atoms with E-state index >= 15 is 0 Å². The standard InChI is InChI=1S/C23H20ClF6N7/c24-14-1-3-16-13(5-14)6-34(12-23(28,29)30)7-18-32-33-21(37(16)18)36-10-22(11-36)8-35(9-22)17-4-2-15(25)19(31-17)20(26)27/h1-5,20H,6-12H2. The molecule has 1 spiro atoms. The van der Waals surface area contributed by atoms with Gasteiger partial charge in [0, 0.05) is 43.2 Å². The Morgan fingerprint density at radius 3 is 2.41 bits per heavy atom. The van der Waals surface area contributed by atoms with E-state index in [2.05, 4.69) is 15.2 Å². The van der Waals surface area contributed by atoms with E-state index in [9.17, 15) is 26.3 Å². The lowest BCUT2D eigenvalue weighted by atomic mass is 9.73. The van der Waals surface area contributed by atoms with E-state index in [1.165, 1.54) is 11.0 Å². The number of pyridine rings is 1. The van der Waals surface area contributed by atoms with Crippen LogP contribution in [-0.4, -0.2) is 63.5 Å². The van der Waals surface area contributed by atoms with Crippen molar-refractivity contribution in [1.29, 1.82) is 0 Å². The fourth-order valence-corrected chi connectivity index (χ4v) is 5.62. The van der Waals surface area contributed by atoms with Crippen LogP contribution in [0.4, 0.5) is 38.1 Å². The predicted octanol–water partition coefficient (Wildman–Crippen LogP) is 4.60. The molecule has 3 aliphatic heterocycles. The second kappa shape index (κ2) is 8.48. The minimum absolute atomic E-state index is 0.0335. The van der Waals surface area contributed by atoms with Crippen molar-refractivity contribution >= 4 is 23.4 Å². The molecule has 0 atom stereocenters. The van der Waals surface area contributed by atoms with E-state index in [1.807, 2.05) is 9.80 Å². The van der Waals surface area contributed by atoms with Gasteiger partial charge in [0.1, 0.15) is 11.5 Å². The van der Waals surface area contributed by atoms with Gasteiger partial charge in [-0.25, -0.2) is 18.2 Å². The Kier molecular flexibility index (Phi) is 5.57. The Balaban J connectivity index is 1.21. The lowest BCUT2D eigenvalue weighted by Crippen LogP contribution is -2.73. The maximum atomic E-state index is 13.6. The minimum atomic E-state index is -4.37. The smallest absolute Gasteiger partial charge is 0.355 e. The topological polar surface area (TPSA) is 53.3 Å². The summed E-state index contributed by atoms with van der Waals surface area (Å²) in [6.45, 7) is 1.24. The molecule has 7 nitrogen and oxygen atoms in total. The van der Waals surface area contributed by atoms with Gasteiger partial charge < -0.3 is 9.80 Å². The Morgan fingerprint density at radius 2 is 1.70 bits per heavy atom. The summed E-state index contributed by atoms with van der Waals surface area (Å²) in [5, 5.41) is 8.94. The highest BCUT2D eigenvalue weighted by Crippen LogP contribution is 2.44. The first-order valence-corrected chi connectivity index (χ1v) is 11.8. The van der Waals surface area contributed by atoms with Crippen LogP contribution >= 0.6 is 11.6 Å². The summed E-state index contributed by atoms with van der Waals surface area (Å²) in [7, 11) is 0. The molecule has 37 heavy (non-hydrogen) atoms. The van der Waals surface area contributed by atoms with E-state index in [-0.39, 0.29) is 18.5 Å². The molecule has 0 aliphatic carbocycles. The van der Waals surface area contributed by atoms with Gasteiger partial charge in [-0.2, -0.15) is 13.2 Å². The number of rotatable bonds is 4. The molecule has 2 aromatic heterocycles. The van der Waals surface area contributed by atoms with Crippen LogP contribution in [0.3, 0.4) is 0 Å². The molecule has 0 saturated carbocycles. The monoisotopic (exact) mass is 543 g/mol. The zero-order valence-electron chi connectivity index (χ0n) is 19.2. The fourth-order valence-electron chi connectivity index (χ4n) is 5.43. The summed E-state index contributed by atoms with van der Waals surface area (Å²) < 4.78 is 81.0. The van der Waals surface area contributed by atoms with Crippen molar-refractivity contribution in [1.82, 2.24) is 24.6 Å². The van der Waals surface area contributed by atoms with Gasteiger partial charge in [-0.1, -0.05) is 11.6 Å². The maximum Gasteiger partial charge on any atom is 0.401 e. The largest absolute Gasteiger partial charge is 0.401 e. The van der Waals surface area contributed by atoms with Crippen molar-refractivity contribution in [2.75, 3.05) is 42.5 Å². The average molecular weight is 544 g/mol. The van der Waals surface area contributed by atoms with Crippen LogP contribution in [0.1, 0.15) is 23.5 Å². The molecular formula is C23H20ClF6N7. The second-order valence-electron chi connectivity index (χ2n) is 9.83. The third kappa shape index (κ3) is 4.37. The number of alkyl halides is 5. The molecule has 2 saturated heterocycles. The predicted molar refractivity (Wildman–Crippen MR) is 123 cm³/mol. The van der Waals surface area contributed by atoms with Crippen LogP contribution in [0.15, 0.2) is 30.3 Å². The number of benzene rings is 1. The molecular weight excluding hydrogens is 524 g/mol. The quantitative estimate of drug-likeness (QED) is 0.449. The molecule has 0 N–H and O–H groups in total. The molecule has 0 radical (unpaired) electrons. The summed E-state index contributed by atoms with van der Waals surface area (Å²) >= 11 is 6.15. The van der Waals surface area contributed by atoms with Crippen molar-refractivity contribution < 1.29 is 26.3 Å². The Labute approximate surface area is 212 Å². The van der Waals surface area contributed by atoms with Crippen molar-refractivity contribution in [2.45, 2.75) is 25.7 Å². The van der Waals surface area contributed by atoms with E-state index in [0.717, 1.165) is 6.07 Å². The first-order valence-electron chi connectivity index (χ1n) is 11.5. The number of fused-ring (bicyclic) bond motifs is 3. The van der Waals surface area contributed by atoms with Crippen LogP contribution in [0.25, 0.3) is 5.69 Å². The van der Waals surface area contributed by atoms with Crippen molar-refractivity contribution in [3.8, 4) is 5.69 Å². The summed E-state index contributed by atoms with van der Waals surface area (Å²) in [6.07, 6.45) is -7.37. The summed E-state index contributed by atoms with van der Waals surface area (Å²) in [6, 6.07) is 7.48. The highest BCUT2D eigenvalue weighted by molar-refractivity contribution is 6.30. The molecule has 14 heteroatoms. The molecule has 6 rings (SSSR count). The van der Waals surface area contributed by atoms with Gasteiger partial charge in [-0.15, -0.1) is 10.2 Å². The second-order valence-corrected chi connectivity index (χ2v) is 10.3. The van der Waals surface area contributed by atoms with Crippen LogP contribution in [-0.2, 0) is 13.1 Å². The number of hydrogen-bond donors (Lipinski definition) is 0. The number of halogens is 7. The van der Waals surface area contributed by atoms with Gasteiger partial charge in [0.05, 0.1) is 18.8 Å². The van der Waals surface area contributed by atoms with E-state index in [1.54, 1.807) is 22.8 Å². The molecule has 0 bridgehead atoms. The van der Waals surface area contributed by atoms with Crippen molar-refractivity contribution in [3.63, 3.8) is 0 Å². The lowest BCUT2D eigenvalue weighted by molar-refractivity contribution is -0.148. The molecule has 1 aromatic carbocycles. The van der Waals surface area contributed by atoms with Crippen molar-refractivity contribution in [3.05, 3.63) is 58.3 Å². The van der Waals surface area contributed by atoms with Gasteiger partial charge >= 0.3 is 6.18 Å². The average Bonchev–Trinajstić information content (AvgIpc) is 3.07. The summed E-state index contributed by atoms with van der Waals surface area (Å²) in [4.78, 5) is 8.86. The number of hydrogen-bond acceptors (Lipinski definition) is 6. The van der Waals surface area contributed by atoms with Gasteiger partial charge in [0.25, 0.3) is 6.43 Å². The normalized spacial score (nSPS) is 18.9. The van der Waals surface area contributed by atoms with E-state index in [0.29, 0.717) is 60.0 Å². The highest BCUT2D eigenvalue weighted by atomic mass is 35.5. The number of aromatic nitrogens is 4. The number of anilines is 2. The van der Waals surface area contributed by atoms with Crippen LogP contribution in [0.2, 0.25) is 5.02 Å². The Bertz CT molecular complexity index is 1350. The zero-order chi connectivity index (χ0) is 26.1. The van der Waals surface area contributed by atoms with Gasteiger partial charge in [-0.05, 0) is 35.9 Å². The zero-order valence-corrected chi connectivity index (χ0v) is 19.9. The molecule has 5 heterocycles. The molecule has 2 fully saturated rings. The summed E-state index contributed by atoms with van der Waals surface area (Å²) in [5.74, 6) is 0.183. The number of nitrogens with zero attached hydrogens (tertiary/aromatic N) is 7. The fraction of sp³-hybridized carbons (Fsp3) is 0.435. The van der Waals surface area contributed by atoms with Gasteiger partial charge in [0.15, 0.2) is 11.6 Å². The van der Waals surface area contributed by atoms with Gasteiger partial charge in [-0.3, -0.25) is 9.47 Å². The maximum absolute atomic E-state index is 13.6. The molecule has 0 amide bonds. The van der Waals surface area contributed by atoms with E-state index in [4.69, 9.17) is 11.6 Å². The molecule has 3 aliphatic rings. The van der Waals surface area contributed by atoms with Crippen LogP contribution in [0, 0.1) is 11.2 Å². The molecule has 196 valence electrons. The lowest BCUT2D eigenvalue weighted by Gasteiger charge is -2.60. The molecule has 3 aromatic rings. The SMILES string of the molecule is Fc1ccc(N2CC3(C2)CN(c2nnc4n2-c2ccc(Cl)cc2CN(CC(F)(F)F)C4)C3)nc1C(F)F. The first kappa shape index (κ1) is 24.3. The summed E-state index contributed by atoms with van der Waals surface area (Å²) in [5.41, 5.74) is 0.330. The third-order valence-corrected chi connectivity index (χ3v) is 7.17. The Hall–Kier alpha value is -3.06. The third-order valence-electron chi connectivity index (χ3n) is 6.93. The Morgan fingerprint density at radius 1 is 0.973 bits per heavy atom. The minimum Gasteiger partial charge on any atom is -0.355 e. The van der Waals surface area contributed by atoms with Gasteiger partial charge in [0.2, 0.25) is 5.95 Å². The first-order chi connectivity index (χ1) is 17.5. The van der Waals surface area contributed by atoms with Crippen LogP contribution < -0.4 is 9.80 Å². The van der Waals surface area contributed by atoms with Crippen molar-refractivity contribution in [2.24, 2.45) is 5.41 Å². The van der Waals surface area contributed by atoms with Crippen LogP contribution in [0.5, 0.6) is 0 Å².